The van der Waals surface area contributed by atoms with Gasteiger partial charge in [-0.25, -0.2) is 0 Å². The molecule has 0 bridgehead atoms. The van der Waals surface area contributed by atoms with Gasteiger partial charge in [-0.2, -0.15) is 0 Å². The van der Waals surface area contributed by atoms with E-state index in [9.17, 15) is 0 Å². The van der Waals surface area contributed by atoms with E-state index in [0.29, 0.717) is 6.04 Å². The molecule has 0 heterocycles. The average Bonchev–Trinajstić information content (AvgIpc) is 3.14. The Balaban J connectivity index is 1.99. The van der Waals surface area contributed by atoms with Crippen LogP contribution in [0.3, 0.4) is 0 Å². The summed E-state index contributed by atoms with van der Waals surface area (Å²) < 4.78 is 5.36. The Morgan fingerprint density at radius 3 is 2.82 bits per heavy atom. The summed E-state index contributed by atoms with van der Waals surface area (Å²) in [7, 11) is 3.77. The quantitative estimate of drug-likeness (QED) is 0.840. The molecule has 0 spiro atoms. The van der Waals surface area contributed by atoms with Gasteiger partial charge in [-0.1, -0.05) is 11.6 Å². The van der Waals surface area contributed by atoms with Crippen LogP contribution in [0.2, 0.25) is 5.02 Å². The maximum absolute atomic E-state index is 6.03. The largest absolute Gasteiger partial charge is 0.496 e. The van der Waals surface area contributed by atoms with Crippen molar-refractivity contribution in [2.45, 2.75) is 31.7 Å². The molecule has 2 nitrogen and oxygen atoms in total. The van der Waals surface area contributed by atoms with Crippen molar-refractivity contribution < 1.29 is 4.74 Å². The second kappa shape index (κ2) is 5.74. The van der Waals surface area contributed by atoms with Crippen LogP contribution in [0.1, 0.15) is 24.8 Å². The van der Waals surface area contributed by atoms with Crippen molar-refractivity contribution in [1.29, 1.82) is 0 Å². The molecule has 1 N–H and O–H groups in total. The Bertz CT molecular complexity index is 376. The zero-order valence-electron chi connectivity index (χ0n) is 10.5. The van der Waals surface area contributed by atoms with Gasteiger partial charge in [-0.05, 0) is 62.4 Å². The van der Waals surface area contributed by atoms with Crippen molar-refractivity contribution in [3.05, 3.63) is 28.8 Å². The van der Waals surface area contributed by atoms with Crippen LogP contribution in [0.15, 0.2) is 18.2 Å². The molecule has 1 unspecified atom stereocenters. The molecule has 1 saturated carbocycles. The Kier molecular flexibility index (Phi) is 4.30. The minimum absolute atomic E-state index is 0.638. The SMILES string of the molecule is CNC(CCc1cc(Cl)ccc1OC)C1CC1. The maximum atomic E-state index is 6.03. The molecule has 3 heteroatoms. The van der Waals surface area contributed by atoms with Crippen LogP contribution >= 0.6 is 11.6 Å². The molecule has 1 fully saturated rings. The van der Waals surface area contributed by atoms with Gasteiger partial charge in [0.2, 0.25) is 0 Å². The average molecular weight is 254 g/mol. The summed E-state index contributed by atoms with van der Waals surface area (Å²) in [6.07, 6.45) is 4.92. The summed E-state index contributed by atoms with van der Waals surface area (Å²) in [5.74, 6) is 1.82. The minimum atomic E-state index is 0.638. The first-order valence-corrected chi connectivity index (χ1v) is 6.62. The monoisotopic (exact) mass is 253 g/mol. The molecule has 1 aromatic rings. The van der Waals surface area contributed by atoms with Gasteiger partial charge in [-0.15, -0.1) is 0 Å². The Labute approximate surface area is 108 Å². The van der Waals surface area contributed by atoms with Gasteiger partial charge in [0.05, 0.1) is 7.11 Å². The van der Waals surface area contributed by atoms with Gasteiger partial charge < -0.3 is 10.1 Å². The van der Waals surface area contributed by atoms with E-state index in [1.54, 1.807) is 7.11 Å². The second-order valence-electron chi connectivity index (χ2n) is 4.73. The smallest absolute Gasteiger partial charge is 0.122 e. The fourth-order valence-electron chi connectivity index (χ4n) is 2.37. The number of hydrogen-bond donors (Lipinski definition) is 1. The Hall–Kier alpha value is -0.730. The molecule has 1 aromatic carbocycles. The zero-order chi connectivity index (χ0) is 12.3. The minimum Gasteiger partial charge on any atom is -0.496 e. The lowest BCUT2D eigenvalue weighted by Crippen LogP contribution is -2.27. The third-order valence-corrected chi connectivity index (χ3v) is 3.76. The molecule has 17 heavy (non-hydrogen) atoms. The molecule has 2 rings (SSSR count). The highest BCUT2D eigenvalue weighted by molar-refractivity contribution is 6.30. The van der Waals surface area contributed by atoms with Crippen LogP contribution in [0.4, 0.5) is 0 Å². The Morgan fingerprint density at radius 2 is 2.24 bits per heavy atom. The first kappa shape index (κ1) is 12.7. The number of nitrogens with one attached hydrogen (secondary N) is 1. The summed E-state index contributed by atoms with van der Waals surface area (Å²) in [4.78, 5) is 0. The molecule has 1 atom stereocenters. The van der Waals surface area contributed by atoms with Gasteiger partial charge in [0.15, 0.2) is 0 Å². The van der Waals surface area contributed by atoms with E-state index in [1.807, 2.05) is 18.2 Å². The molecule has 0 aliphatic heterocycles. The number of rotatable bonds is 6. The Morgan fingerprint density at radius 1 is 1.47 bits per heavy atom. The number of methoxy groups -OCH3 is 1. The standard InChI is InChI=1S/C14H20ClNO/c1-16-13(10-3-4-10)7-5-11-9-12(15)6-8-14(11)17-2/h6,8-10,13,16H,3-5,7H2,1-2H3. The molecule has 1 aliphatic rings. The van der Waals surface area contributed by atoms with E-state index >= 15 is 0 Å². The van der Waals surface area contributed by atoms with Crippen molar-refractivity contribution in [2.24, 2.45) is 5.92 Å². The van der Waals surface area contributed by atoms with E-state index in [2.05, 4.69) is 12.4 Å². The molecule has 0 saturated heterocycles. The van der Waals surface area contributed by atoms with Crippen LogP contribution in [-0.2, 0) is 6.42 Å². The number of benzene rings is 1. The first-order chi connectivity index (χ1) is 8.24. The second-order valence-corrected chi connectivity index (χ2v) is 5.16. The number of hydrogen-bond acceptors (Lipinski definition) is 2. The summed E-state index contributed by atoms with van der Waals surface area (Å²) >= 11 is 6.03. The third kappa shape index (κ3) is 3.36. The van der Waals surface area contributed by atoms with Gasteiger partial charge >= 0.3 is 0 Å². The highest BCUT2D eigenvalue weighted by Gasteiger charge is 2.29. The van der Waals surface area contributed by atoms with Gasteiger partial charge in [0.1, 0.15) is 5.75 Å². The maximum Gasteiger partial charge on any atom is 0.122 e. The van der Waals surface area contributed by atoms with E-state index in [-0.39, 0.29) is 0 Å². The van der Waals surface area contributed by atoms with E-state index < -0.39 is 0 Å². The first-order valence-electron chi connectivity index (χ1n) is 6.24. The van der Waals surface area contributed by atoms with E-state index in [0.717, 1.165) is 29.5 Å². The number of aryl methyl sites for hydroxylation is 1. The molecular formula is C14H20ClNO. The zero-order valence-corrected chi connectivity index (χ0v) is 11.3. The predicted molar refractivity (Wildman–Crippen MR) is 71.9 cm³/mol. The van der Waals surface area contributed by atoms with Crippen molar-refractivity contribution >= 4 is 11.6 Å². The summed E-state index contributed by atoms with van der Waals surface area (Å²) in [5, 5.41) is 4.20. The summed E-state index contributed by atoms with van der Waals surface area (Å²) in [6, 6.07) is 6.47. The van der Waals surface area contributed by atoms with Crippen LogP contribution in [0.25, 0.3) is 0 Å². The van der Waals surface area contributed by atoms with E-state index in [4.69, 9.17) is 16.3 Å². The highest BCUT2D eigenvalue weighted by Crippen LogP contribution is 2.35. The normalized spacial score (nSPS) is 16.9. The number of ether oxygens (including phenoxy) is 1. The third-order valence-electron chi connectivity index (χ3n) is 3.53. The topological polar surface area (TPSA) is 21.3 Å². The molecular weight excluding hydrogens is 234 g/mol. The molecule has 0 amide bonds. The van der Waals surface area contributed by atoms with Crippen molar-refractivity contribution in [3.8, 4) is 5.75 Å². The lowest BCUT2D eigenvalue weighted by atomic mass is 10.0. The van der Waals surface area contributed by atoms with Crippen LogP contribution in [-0.4, -0.2) is 20.2 Å². The van der Waals surface area contributed by atoms with Crippen molar-refractivity contribution in [3.63, 3.8) is 0 Å². The fourth-order valence-corrected chi connectivity index (χ4v) is 2.56. The molecule has 94 valence electrons. The highest BCUT2D eigenvalue weighted by atomic mass is 35.5. The molecule has 0 radical (unpaired) electrons. The lowest BCUT2D eigenvalue weighted by Gasteiger charge is -2.16. The van der Waals surface area contributed by atoms with Crippen LogP contribution < -0.4 is 10.1 Å². The van der Waals surface area contributed by atoms with Gasteiger partial charge in [-0.3, -0.25) is 0 Å². The molecule has 0 aromatic heterocycles. The fraction of sp³-hybridized carbons (Fsp3) is 0.571. The van der Waals surface area contributed by atoms with Gasteiger partial charge in [0, 0.05) is 11.1 Å². The van der Waals surface area contributed by atoms with Gasteiger partial charge in [0.25, 0.3) is 0 Å². The predicted octanol–water partition coefficient (Wildman–Crippen LogP) is 3.28. The van der Waals surface area contributed by atoms with Crippen molar-refractivity contribution in [2.75, 3.05) is 14.2 Å². The lowest BCUT2D eigenvalue weighted by molar-refractivity contribution is 0.405. The van der Waals surface area contributed by atoms with Crippen LogP contribution in [0, 0.1) is 5.92 Å². The van der Waals surface area contributed by atoms with Crippen LogP contribution in [0.5, 0.6) is 5.75 Å². The van der Waals surface area contributed by atoms with Crippen molar-refractivity contribution in [1.82, 2.24) is 5.32 Å². The molecule has 1 aliphatic carbocycles. The summed E-state index contributed by atoms with van der Waals surface area (Å²) in [5.41, 5.74) is 1.21. The van der Waals surface area contributed by atoms with E-state index in [1.165, 1.54) is 18.4 Å². The summed E-state index contributed by atoms with van der Waals surface area (Å²) in [6.45, 7) is 0. The number of halogens is 1.